The molecule has 0 bridgehead atoms. The summed E-state index contributed by atoms with van der Waals surface area (Å²) in [6, 6.07) is 19.6. The van der Waals surface area contributed by atoms with E-state index >= 15 is 0 Å². The molecule has 0 aliphatic rings. The molecule has 0 amide bonds. The molecule has 166 valence electrons. The van der Waals surface area contributed by atoms with E-state index in [4.69, 9.17) is 11.6 Å². The second kappa shape index (κ2) is 8.99. The van der Waals surface area contributed by atoms with Crippen LogP contribution in [0.2, 0.25) is 5.15 Å². The normalized spacial score (nSPS) is 11.3. The monoisotopic (exact) mass is 459 g/mol. The number of H-pyrrole nitrogens is 1. The van der Waals surface area contributed by atoms with Gasteiger partial charge >= 0.3 is 0 Å². The van der Waals surface area contributed by atoms with Gasteiger partial charge in [0.15, 0.2) is 5.65 Å². The molecule has 5 rings (SSSR count). The van der Waals surface area contributed by atoms with Crippen molar-refractivity contribution in [3.05, 3.63) is 81.7 Å². The number of benzene rings is 2. The third-order valence-electron chi connectivity index (χ3n) is 5.68. The van der Waals surface area contributed by atoms with Gasteiger partial charge in [-0.15, -0.1) is 10.2 Å². The lowest BCUT2D eigenvalue weighted by Gasteiger charge is -2.13. The number of aromatic amines is 1. The molecular weight excluding hydrogens is 438 g/mol. The van der Waals surface area contributed by atoms with Gasteiger partial charge in [-0.1, -0.05) is 73.5 Å². The van der Waals surface area contributed by atoms with Gasteiger partial charge in [0.05, 0.1) is 11.9 Å². The molecule has 3 aromatic heterocycles. The maximum absolute atomic E-state index is 13.0. The summed E-state index contributed by atoms with van der Waals surface area (Å²) in [5.41, 5.74) is 4.59. The summed E-state index contributed by atoms with van der Waals surface area (Å²) in [5, 5.41) is 15.4. The molecule has 0 saturated heterocycles. The number of halogens is 1. The first-order valence-electron chi connectivity index (χ1n) is 10.8. The standard InChI is InChI=1S/C24H22ClN7O/c1-2-3-14-31-24(33)20-12-13-21(25)26-23(20)32(31)15-16-8-10-17(11-9-16)18-6-4-5-7-19(18)22-27-29-30-28-22/h4-13H,2-3,14-15H2,1H3,(H,27,28,29,30). The molecule has 0 radical (unpaired) electrons. The molecule has 2 aromatic carbocycles. The molecule has 3 heterocycles. The molecular formula is C24H22ClN7O. The van der Waals surface area contributed by atoms with E-state index in [-0.39, 0.29) is 5.56 Å². The fraction of sp³-hybridized carbons (Fsp3) is 0.208. The highest BCUT2D eigenvalue weighted by atomic mass is 35.5. The third-order valence-corrected chi connectivity index (χ3v) is 5.89. The van der Waals surface area contributed by atoms with E-state index in [2.05, 4.69) is 56.8 Å². The first-order chi connectivity index (χ1) is 16.2. The first kappa shape index (κ1) is 21.1. The van der Waals surface area contributed by atoms with Gasteiger partial charge in [-0.3, -0.25) is 9.48 Å². The molecule has 0 saturated carbocycles. The van der Waals surface area contributed by atoms with Crippen LogP contribution < -0.4 is 5.56 Å². The molecule has 0 unspecified atom stereocenters. The second-order valence-corrected chi connectivity index (χ2v) is 8.21. The zero-order chi connectivity index (χ0) is 22.8. The van der Waals surface area contributed by atoms with E-state index in [1.54, 1.807) is 16.8 Å². The smallest absolute Gasteiger partial charge is 0.267 e. The van der Waals surface area contributed by atoms with Crippen molar-refractivity contribution < 1.29 is 0 Å². The number of fused-ring (bicyclic) bond motifs is 1. The fourth-order valence-electron chi connectivity index (χ4n) is 4.01. The Balaban J connectivity index is 1.51. The number of nitrogens with zero attached hydrogens (tertiary/aromatic N) is 6. The van der Waals surface area contributed by atoms with Crippen LogP contribution in [-0.2, 0) is 13.1 Å². The summed E-state index contributed by atoms with van der Waals surface area (Å²) >= 11 is 6.15. The van der Waals surface area contributed by atoms with Crippen molar-refractivity contribution in [2.75, 3.05) is 0 Å². The predicted molar refractivity (Wildman–Crippen MR) is 128 cm³/mol. The summed E-state index contributed by atoms with van der Waals surface area (Å²) in [4.78, 5) is 17.4. The Bertz CT molecular complexity index is 1450. The van der Waals surface area contributed by atoms with E-state index in [0.717, 1.165) is 35.1 Å². The van der Waals surface area contributed by atoms with E-state index in [0.29, 0.717) is 35.1 Å². The van der Waals surface area contributed by atoms with Crippen molar-refractivity contribution in [1.29, 1.82) is 0 Å². The highest BCUT2D eigenvalue weighted by Gasteiger charge is 2.16. The number of hydrogen-bond donors (Lipinski definition) is 1. The zero-order valence-corrected chi connectivity index (χ0v) is 18.8. The lowest BCUT2D eigenvalue weighted by atomic mass is 9.98. The van der Waals surface area contributed by atoms with Crippen LogP contribution in [-0.4, -0.2) is 35.0 Å². The Kier molecular flexibility index (Phi) is 5.75. The molecule has 0 aliphatic heterocycles. The van der Waals surface area contributed by atoms with Crippen LogP contribution in [0.4, 0.5) is 0 Å². The quantitative estimate of drug-likeness (QED) is 0.360. The molecule has 0 fully saturated rings. The Labute approximate surface area is 194 Å². The number of aromatic nitrogens is 7. The lowest BCUT2D eigenvalue weighted by Crippen LogP contribution is -2.23. The van der Waals surface area contributed by atoms with Crippen LogP contribution in [0.3, 0.4) is 0 Å². The highest BCUT2D eigenvalue weighted by Crippen LogP contribution is 2.30. The molecule has 8 nitrogen and oxygen atoms in total. The Hall–Kier alpha value is -3.78. The minimum absolute atomic E-state index is 0.0340. The van der Waals surface area contributed by atoms with Crippen LogP contribution in [0, 0.1) is 0 Å². The Morgan fingerprint density at radius 3 is 2.48 bits per heavy atom. The van der Waals surface area contributed by atoms with E-state index in [1.165, 1.54) is 0 Å². The Morgan fingerprint density at radius 2 is 1.76 bits per heavy atom. The molecule has 1 N–H and O–H groups in total. The van der Waals surface area contributed by atoms with Crippen LogP contribution in [0.25, 0.3) is 33.5 Å². The summed E-state index contributed by atoms with van der Waals surface area (Å²) in [7, 11) is 0. The maximum Gasteiger partial charge on any atom is 0.276 e. The van der Waals surface area contributed by atoms with Crippen LogP contribution in [0.5, 0.6) is 0 Å². The van der Waals surface area contributed by atoms with Crippen molar-refractivity contribution in [3.63, 3.8) is 0 Å². The molecule has 5 aromatic rings. The summed E-state index contributed by atoms with van der Waals surface area (Å²) in [6.07, 6.45) is 1.91. The van der Waals surface area contributed by atoms with Gasteiger partial charge in [0.1, 0.15) is 5.15 Å². The molecule has 0 atom stereocenters. The van der Waals surface area contributed by atoms with E-state index in [1.807, 2.05) is 28.9 Å². The largest absolute Gasteiger partial charge is 0.276 e. The summed E-state index contributed by atoms with van der Waals surface area (Å²) in [5.74, 6) is 0.552. The first-order valence-corrected chi connectivity index (χ1v) is 11.2. The van der Waals surface area contributed by atoms with Crippen LogP contribution >= 0.6 is 11.6 Å². The van der Waals surface area contributed by atoms with Gasteiger partial charge in [-0.05, 0) is 40.5 Å². The maximum atomic E-state index is 13.0. The average Bonchev–Trinajstić information content (AvgIpc) is 3.46. The SMILES string of the molecule is CCCCn1c(=O)c2ccc(Cl)nc2n1Cc1ccc(-c2ccccc2-c2nn[nH]n2)cc1. The molecule has 0 aliphatic carbocycles. The van der Waals surface area contributed by atoms with Crippen LogP contribution in [0.15, 0.2) is 65.5 Å². The van der Waals surface area contributed by atoms with Crippen LogP contribution in [0.1, 0.15) is 25.3 Å². The number of unbranched alkanes of at least 4 members (excludes halogenated alkanes) is 1. The number of nitrogens with one attached hydrogen (secondary N) is 1. The number of hydrogen-bond acceptors (Lipinski definition) is 5. The zero-order valence-electron chi connectivity index (χ0n) is 18.1. The van der Waals surface area contributed by atoms with Gasteiger partial charge in [0.25, 0.3) is 5.56 Å². The average molecular weight is 460 g/mol. The molecule has 33 heavy (non-hydrogen) atoms. The van der Waals surface area contributed by atoms with E-state index in [9.17, 15) is 4.79 Å². The highest BCUT2D eigenvalue weighted by molar-refractivity contribution is 6.29. The number of pyridine rings is 1. The lowest BCUT2D eigenvalue weighted by molar-refractivity contribution is 0.460. The van der Waals surface area contributed by atoms with E-state index < -0.39 is 0 Å². The summed E-state index contributed by atoms with van der Waals surface area (Å²) in [6.45, 7) is 3.26. The number of tetrazole rings is 1. The minimum atomic E-state index is -0.0340. The fourth-order valence-corrected chi connectivity index (χ4v) is 4.15. The minimum Gasteiger partial charge on any atom is -0.267 e. The van der Waals surface area contributed by atoms with Gasteiger partial charge in [0, 0.05) is 12.1 Å². The third kappa shape index (κ3) is 4.05. The van der Waals surface area contributed by atoms with Crippen molar-refractivity contribution in [2.24, 2.45) is 0 Å². The molecule has 0 spiro atoms. The topological polar surface area (TPSA) is 94.3 Å². The Morgan fingerprint density at radius 1 is 0.970 bits per heavy atom. The second-order valence-electron chi connectivity index (χ2n) is 7.82. The van der Waals surface area contributed by atoms with Crippen molar-refractivity contribution in [1.82, 2.24) is 35.0 Å². The number of rotatable bonds is 7. The van der Waals surface area contributed by atoms with Crippen molar-refractivity contribution >= 4 is 22.6 Å². The van der Waals surface area contributed by atoms with Gasteiger partial charge in [-0.25, -0.2) is 9.67 Å². The summed E-state index contributed by atoms with van der Waals surface area (Å²) < 4.78 is 3.71. The predicted octanol–water partition coefficient (Wildman–Crippen LogP) is 4.55. The van der Waals surface area contributed by atoms with Crippen molar-refractivity contribution in [3.8, 4) is 22.5 Å². The van der Waals surface area contributed by atoms with Crippen molar-refractivity contribution in [2.45, 2.75) is 32.9 Å². The van der Waals surface area contributed by atoms with Gasteiger partial charge < -0.3 is 0 Å². The van der Waals surface area contributed by atoms with Gasteiger partial charge in [-0.2, -0.15) is 5.21 Å². The van der Waals surface area contributed by atoms with Gasteiger partial charge in [0.2, 0.25) is 5.82 Å². The molecule has 9 heteroatoms.